The van der Waals surface area contributed by atoms with E-state index in [-0.39, 0.29) is 24.1 Å². The molecule has 0 radical (unpaired) electrons. The first-order valence-corrected chi connectivity index (χ1v) is 8.65. The van der Waals surface area contributed by atoms with E-state index >= 15 is 0 Å². The molecule has 0 aliphatic heterocycles. The van der Waals surface area contributed by atoms with Crippen molar-refractivity contribution in [2.75, 3.05) is 7.11 Å². The minimum atomic E-state index is -0.572. The van der Waals surface area contributed by atoms with Crippen LogP contribution in [0.4, 0.5) is 4.39 Å². The number of aromatic nitrogens is 1. The Kier molecular flexibility index (Phi) is 6.01. The highest BCUT2D eigenvalue weighted by molar-refractivity contribution is 5.79. The zero-order chi connectivity index (χ0) is 19.5. The summed E-state index contributed by atoms with van der Waals surface area (Å²) >= 11 is 0. The van der Waals surface area contributed by atoms with Gasteiger partial charge in [0.25, 0.3) is 0 Å². The van der Waals surface area contributed by atoms with E-state index in [1.807, 2.05) is 40.7 Å². The summed E-state index contributed by atoms with van der Waals surface area (Å²) in [5, 5.41) is 0. The van der Waals surface area contributed by atoms with E-state index in [0.29, 0.717) is 11.4 Å². The quantitative estimate of drug-likeness (QED) is 0.712. The van der Waals surface area contributed by atoms with E-state index in [4.69, 9.17) is 9.47 Å². The first-order chi connectivity index (χ1) is 12.1. The fraction of sp³-hybridized carbons (Fsp3) is 0.429. The van der Waals surface area contributed by atoms with Crippen LogP contribution >= 0.6 is 0 Å². The number of esters is 1. The zero-order valence-corrected chi connectivity index (χ0v) is 16.2. The number of methoxy groups -OCH3 is 1. The topological polar surface area (TPSA) is 48.4 Å². The van der Waals surface area contributed by atoms with Gasteiger partial charge in [0, 0.05) is 17.8 Å². The number of hydrogen-bond donors (Lipinski definition) is 0. The maximum atomic E-state index is 14.2. The van der Waals surface area contributed by atoms with E-state index in [1.165, 1.54) is 19.2 Å². The first kappa shape index (κ1) is 19.9. The standard InChI is InChI=1S/C21H26FNO3/c1-13(2)16-9-15(22)10-17(14-7-8-19(25-6)23-12-14)18(16)11-20(24)26-21(3,4)5/h7-10,12-13H,11H2,1-6H3. The number of benzene rings is 1. The summed E-state index contributed by atoms with van der Waals surface area (Å²) in [6, 6.07) is 6.45. The van der Waals surface area contributed by atoms with Gasteiger partial charge in [0.05, 0.1) is 13.5 Å². The van der Waals surface area contributed by atoms with Crippen LogP contribution in [0.3, 0.4) is 0 Å². The Labute approximate surface area is 154 Å². The van der Waals surface area contributed by atoms with Crippen molar-refractivity contribution in [3.8, 4) is 17.0 Å². The first-order valence-electron chi connectivity index (χ1n) is 8.65. The normalized spacial score (nSPS) is 11.5. The molecular formula is C21H26FNO3. The van der Waals surface area contributed by atoms with Crippen LogP contribution in [0.25, 0.3) is 11.1 Å². The molecule has 0 amide bonds. The molecule has 26 heavy (non-hydrogen) atoms. The Morgan fingerprint density at radius 1 is 1.23 bits per heavy atom. The average molecular weight is 359 g/mol. The molecule has 0 N–H and O–H groups in total. The molecule has 0 fully saturated rings. The van der Waals surface area contributed by atoms with Crippen LogP contribution in [0.5, 0.6) is 5.88 Å². The zero-order valence-electron chi connectivity index (χ0n) is 16.2. The van der Waals surface area contributed by atoms with Gasteiger partial charge in [0.2, 0.25) is 5.88 Å². The highest BCUT2D eigenvalue weighted by atomic mass is 19.1. The predicted molar refractivity (Wildman–Crippen MR) is 99.8 cm³/mol. The van der Waals surface area contributed by atoms with Gasteiger partial charge in [-0.05, 0) is 61.6 Å². The number of hydrogen-bond acceptors (Lipinski definition) is 4. The summed E-state index contributed by atoms with van der Waals surface area (Å²) in [4.78, 5) is 16.6. The molecule has 0 bridgehead atoms. The molecule has 1 heterocycles. The van der Waals surface area contributed by atoms with Gasteiger partial charge >= 0.3 is 5.97 Å². The van der Waals surface area contributed by atoms with Gasteiger partial charge in [-0.1, -0.05) is 13.8 Å². The molecule has 0 saturated carbocycles. The van der Waals surface area contributed by atoms with E-state index in [1.54, 1.807) is 12.3 Å². The Balaban J connectivity index is 2.53. The molecule has 0 aliphatic rings. The van der Waals surface area contributed by atoms with Gasteiger partial charge in [-0.3, -0.25) is 4.79 Å². The number of nitrogens with zero attached hydrogens (tertiary/aromatic N) is 1. The average Bonchev–Trinajstić information content (AvgIpc) is 2.54. The molecule has 2 aromatic rings. The van der Waals surface area contributed by atoms with Crippen molar-refractivity contribution >= 4 is 5.97 Å². The summed E-state index contributed by atoms with van der Waals surface area (Å²) in [6.07, 6.45) is 1.70. The number of ether oxygens (including phenoxy) is 2. The van der Waals surface area contributed by atoms with Gasteiger partial charge in [0.1, 0.15) is 11.4 Å². The second-order valence-electron chi connectivity index (χ2n) is 7.53. The maximum absolute atomic E-state index is 14.2. The summed E-state index contributed by atoms with van der Waals surface area (Å²) in [5.41, 5.74) is 2.36. The van der Waals surface area contributed by atoms with E-state index < -0.39 is 5.60 Å². The SMILES string of the molecule is COc1ccc(-c2cc(F)cc(C(C)C)c2CC(=O)OC(C)(C)C)cn1. The summed E-state index contributed by atoms with van der Waals surface area (Å²) in [6.45, 7) is 9.43. The summed E-state index contributed by atoms with van der Waals surface area (Å²) in [7, 11) is 1.54. The fourth-order valence-electron chi connectivity index (χ4n) is 2.81. The van der Waals surface area contributed by atoms with Gasteiger partial charge in [0.15, 0.2) is 0 Å². The maximum Gasteiger partial charge on any atom is 0.310 e. The van der Waals surface area contributed by atoms with Crippen LogP contribution in [0.1, 0.15) is 51.7 Å². The number of carbonyl (C=O) groups is 1. The monoisotopic (exact) mass is 359 g/mol. The van der Waals surface area contributed by atoms with Crippen molar-refractivity contribution in [1.29, 1.82) is 0 Å². The largest absolute Gasteiger partial charge is 0.481 e. The van der Waals surface area contributed by atoms with E-state index in [0.717, 1.165) is 16.7 Å². The van der Waals surface area contributed by atoms with Crippen LogP contribution in [0, 0.1) is 5.82 Å². The molecule has 0 atom stereocenters. The third-order valence-corrected chi connectivity index (χ3v) is 3.87. The van der Waals surface area contributed by atoms with Crippen LogP contribution in [0.15, 0.2) is 30.5 Å². The Morgan fingerprint density at radius 3 is 2.42 bits per heavy atom. The smallest absolute Gasteiger partial charge is 0.310 e. The highest BCUT2D eigenvalue weighted by Gasteiger charge is 2.22. The second-order valence-corrected chi connectivity index (χ2v) is 7.53. The molecular weight excluding hydrogens is 333 g/mol. The molecule has 4 nitrogen and oxygen atoms in total. The molecule has 1 aromatic carbocycles. The molecule has 0 saturated heterocycles. The van der Waals surface area contributed by atoms with Gasteiger partial charge in [-0.2, -0.15) is 0 Å². The van der Waals surface area contributed by atoms with Crippen LogP contribution < -0.4 is 4.74 Å². The molecule has 2 rings (SSSR count). The number of halogens is 1. The minimum absolute atomic E-state index is 0.0631. The lowest BCUT2D eigenvalue weighted by Crippen LogP contribution is -2.25. The number of pyridine rings is 1. The molecule has 1 aromatic heterocycles. The molecule has 140 valence electrons. The van der Waals surface area contributed by atoms with Gasteiger partial charge in [-0.15, -0.1) is 0 Å². The molecule has 5 heteroatoms. The lowest BCUT2D eigenvalue weighted by Gasteiger charge is -2.22. The van der Waals surface area contributed by atoms with Crippen LogP contribution in [-0.4, -0.2) is 23.7 Å². The number of rotatable bonds is 5. The summed E-state index contributed by atoms with van der Waals surface area (Å²) < 4.78 is 24.8. The van der Waals surface area contributed by atoms with Crippen molar-refractivity contribution < 1.29 is 18.7 Å². The van der Waals surface area contributed by atoms with Gasteiger partial charge < -0.3 is 9.47 Å². The number of carbonyl (C=O) groups excluding carboxylic acids is 1. The van der Waals surface area contributed by atoms with Crippen molar-refractivity contribution in [3.05, 3.63) is 47.4 Å². The van der Waals surface area contributed by atoms with Crippen LogP contribution in [-0.2, 0) is 16.0 Å². The third-order valence-electron chi connectivity index (χ3n) is 3.87. The lowest BCUT2D eigenvalue weighted by molar-refractivity contribution is -0.153. The Hall–Kier alpha value is -2.43. The highest BCUT2D eigenvalue weighted by Crippen LogP contribution is 2.32. The predicted octanol–water partition coefficient (Wildman–Crippen LogP) is 4.90. The van der Waals surface area contributed by atoms with Crippen molar-refractivity contribution in [1.82, 2.24) is 4.98 Å². The van der Waals surface area contributed by atoms with Crippen molar-refractivity contribution in [2.45, 2.75) is 52.6 Å². The van der Waals surface area contributed by atoms with Crippen molar-refractivity contribution in [3.63, 3.8) is 0 Å². The van der Waals surface area contributed by atoms with E-state index in [9.17, 15) is 9.18 Å². The fourth-order valence-corrected chi connectivity index (χ4v) is 2.81. The molecule has 0 spiro atoms. The summed E-state index contributed by atoms with van der Waals surface area (Å²) in [5.74, 6) is -0.141. The Morgan fingerprint density at radius 2 is 1.92 bits per heavy atom. The second kappa shape index (κ2) is 7.85. The third kappa shape index (κ3) is 5.04. The van der Waals surface area contributed by atoms with E-state index in [2.05, 4.69) is 4.98 Å². The molecule has 0 aliphatic carbocycles. The van der Waals surface area contributed by atoms with Gasteiger partial charge in [-0.25, -0.2) is 9.37 Å². The molecule has 0 unspecified atom stereocenters. The lowest BCUT2D eigenvalue weighted by atomic mass is 9.88. The minimum Gasteiger partial charge on any atom is -0.481 e. The van der Waals surface area contributed by atoms with Crippen molar-refractivity contribution in [2.24, 2.45) is 0 Å². The Bertz CT molecular complexity index is 777. The van der Waals surface area contributed by atoms with Crippen LogP contribution in [0.2, 0.25) is 0 Å².